The minimum absolute atomic E-state index is 0.0539. The molecule has 15 heavy (non-hydrogen) atoms. The topological polar surface area (TPSA) is 26.0 Å². The van der Waals surface area contributed by atoms with Gasteiger partial charge >= 0.3 is 0 Å². The molecule has 1 rings (SSSR count). The molecule has 1 atom stereocenters. The van der Waals surface area contributed by atoms with Crippen molar-refractivity contribution in [2.45, 2.75) is 45.6 Å². The van der Waals surface area contributed by atoms with Crippen LogP contribution in [0.5, 0.6) is 0 Å². The summed E-state index contributed by atoms with van der Waals surface area (Å²) in [4.78, 5) is 0. The lowest BCUT2D eigenvalue weighted by molar-refractivity contribution is 0.641. The second-order valence-electron chi connectivity index (χ2n) is 4.08. The van der Waals surface area contributed by atoms with Crippen LogP contribution in [-0.4, -0.2) is 0 Å². The SMILES string of the molecule is CCC(CC)c1ccc(C(C)N)cc1Cl. The Labute approximate surface area is 97.6 Å². The predicted octanol–water partition coefficient (Wildman–Crippen LogP) is 4.26. The van der Waals surface area contributed by atoms with Gasteiger partial charge in [0.05, 0.1) is 0 Å². The van der Waals surface area contributed by atoms with Crippen molar-refractivity contribution in [2.75, 3.05) is 0 Å². The van der Waals surface area contributed by atoms with E-state index in [9.17, 15) is 0 Å². The summed E-state index contributed by atoms with van der Waals surface area (Å²) < 4.78 is 0. The highest BCUT2D eigenvalue weighted by Crippen LogP contribution is 2.31. The normalized spacial score (nSPS) is 13.2. The van der Waals surface area contributed by atoms with Crippen LogP contribution in [0.25, 0.3) is 0 Å². The smallest absolute Gasteiger partial charge is 0.0444 e. The molecule has 0 saturated heterocycles. The molecular weight excluding hydrogens is 206 g/mol. The summed E-state index contributed by atoms with van der Waals surface area (Å²) >= 11 is 6.27. The van der Waals surface area contributed by atoms with Crippen molar-refractivity contribution in [3.8, 4) is 0 Å². The van der Waals surface area contributed by atoms with Crippen LogP contribution in [-0.2, 0) is 0 Å². The zero-order valence-electron chi connectivity index (χ0n) is 9.76. The average molecular weight is 226 g/mol. The summed E-state index contributed by atoms with van der Waals surface area (Å²) in [5, 5.41) is 0.860. The van der Waals surface area contributed by atoms with Gasteiger partial charge in [-0.3, -0.25) is 0 Å². The second kappa shape index (κ2) is 5.53. The van der Waals surface area contributed by atoms with Gasteiger partial charge in [0.15, 0.2) is 0 Å². The first-order valence-electron chi connectivity index (χ1n) is 5.65. The van der Waals surface area contributed by atoms with Crippen LogP contribution in [0.4, 0.5) is 0 Å². The first kappa shape index (κ1) is 12.5. The van der Waals surface area contributed by atoms with Crippen LogP contribution in [0.1, 0.15) is 56.7 Å². The zero-order valence-corrected chi connectivity index (χ0v) is 10.5. The molecule has 0 radical (unpaired) electrons. The van der Waals surface area contributed by atoms with E-state index in [-0.39, 0.29) is 6.04 Å². The Morgan fingerprint density at radius 2 is 1.87 bits per heavy atom. The summed E-state index contributed by atoms with van der Waals surface area (Å²) in [6.07, 6.45) is 2.27. The third kappa shape index (κ3) is 2.96. The lowest BCUT2D eigenvalue weighted by Crippen LogP contribution is -2.06. The summed E-state index contributed by atoms with van der Waals surface area (Å²) in [5.74, 6) is 0.569. The molecule has 0 aromatic heterocycles. The number of halogens is 1. The maximum atomic E-state index is 6.27. The van der Waals surface area contributed by atoms with Crippen molar-refractivity contribution >= 4 is 11.6 Å². The molecule has 1 aromatic carbocycles. The van der Waals surface area contributed by atoms with E-state index in [0.717, 1.165) is 23.4 Å². The Morgan fingerprint density at radius 3 is 2.27 bits per heavy atom. The monoisotopic (exact) mass is 225 g/mol. The Balaban J connectivity index is 3.02. The van der Waals surface area contributed by atoms with Gasteiger partial charge in [-0.15, -0.1) is 0 Å². The fourth-order valence-corrected chi connectivity index (χ4v) is 2.23. The molecule has 2 N–H and O–H groups in total. The number of benzene rings is 1. The van der Waals surface area contributed by atoms with Crippen LogP contribution in [0.2, 0.25) is 5.02 Å². The molecule has 1 unspecified atom stereocenters. The van der Waals surface area contributed by atoms with Gasteiger partial charge in [-0.1, -0.05) is 37.6 Å². The van der Waals surface area contributed by atoms with Crippen molar-refractivity contribution in [1.82, 2.24) is 0 Å². The van der Waals surface area contributed by atoms with Crippen molar-refractivity contribution in [3.63, 3.8) is 0 Å². The van der Waals surface area contributed by atoms with E-state index in [2.05, 4.69) is 26.0 Å². The fraction of sp³-hybridized carbons (Fsp3) is 0.538. The van der Waals surface area contributed by atoms with Crippen molar-refractivity contribution in [2.24, 2.45) is 5.73 Å². The Morgan fingerprint density at radius 1 is 1.27 bits per heavy atom. The van der Waals surface area contributed by atoms with Crippen molar-refractivity contribution < 1.29 is 0 Å². The van der Waals surface area contributed by atoms with E-state index in [0.29, 0.717) is 5.92 Å². The number of rotatable bonds is 4. The first-order chi connectivity index (χ1) is 7.10. The molecule has 0 saturated carbocycles. The van der Waals surface area contributed by atoms with Gasteiger partial charge in [0, 0.05) is 11.1 Å². The third-order valence-corrected chi connectivity index (χ3v) is 3.30. The van der Waals surface area contributed by atoms with Crippen molar-refractivity contribution in [3.05, 3.63) is 34.3 Å². The summed E-state index contributed by atoms with van der Waals surface area (Å²) in [6, 6.07) is 6.27. The van der Waals surface area contributed by atoms with Gasteiger partial charge in [-0.05, 0) is 42.9 Å². The van der Waals surface area contributed by atoms with Gasteiger partial charge in [-0.2, -0.15) is 0 Å². The molecule has 0 bridgehead atoms. The van der Waals surface area contributed by atoms with E-state index < -0.39 is 0 Å². The molecular formula is C13H20ClN. The number of nitrogens with two attached hydrogens (primary N) is 1. The van der Waals surface area contributed by atoms with E-state index in [4.69, 9.17) is 17.3 Å². The molecule has 0 aliphatic carbocycles. The molecule has 0 aliphatic rings. The minimum atomic E-state index is 0.0539. The molecule has 1 aromatic rings. The fourth-order valence-electron chi connectivity index (χ4n) is 1.89. The highest BCUT2D eigenvalue weighted by atomic mass is 35.5. The summed E-state index contributed by atoms with van der Waals surface area (Å²) in [5.41, 5.74) is 8.18. The van der Waals surface area contributed by atoms with Gasteiger partial charge in [0.1, 0.15) is 0 Å². The van der Waals surface area contributed by atoms with Crippen molar-refractivity contribution in [1.29, 1.82) is 0 Å². The molecule has 0 fully saturated rings. The van der Waals surface area contributed by atoms with E-state index in [1.54, 1.807) is 0 Å². The summed E-state index contributed by atoms with van der Waals surface area (Å²) in [7, 11) is 0. The number of hydrogen-bond acceptors (Lipinski definition) is 1. The maximum absolute atomic E-state index is 6.27. The molecule has 0 amide bonds. The lowest BCUT2D eigenvalue weighted by atomic mass is 9.92. The highest BCUT2D eigenvalue weighted by molar-refractivity contribution is 6.31. The molecule has 1 nitrogen and oxygen atoms in total. The third-order valence-electron chi connectivity index (χ3n) is 2.98. The van der Waals surface area contributed by atoms with Gasteiger partial charge in [0.25, 0.3) is 0 Å². The van der Waals surface area contributed by atoms with Crippen LogP contribution in [0.15, 0.2) is 18.2 Å². The Kier molecular flexibility index (Phi) is 4.62. The summed E-state index contributed by atoms with van der Waals surface area (Å²) in [6.45, 7) is 6.37. The van der Waals surface area contributed by atoms with E-state index in [1.165, 1.54) is 5.56 Å². The Bertz CT molecular complexity index is 316. The van der Waals surface area contributed by atoms with Gasteiger partial charge in [0.2, 0.25) is 0 Å². The largest absolute Gasteiger partial charge is 0.324 e. The average Bonchev–Trinajstić information content (AvgIpc) is 2.21. The zero-order chi connectivity index (χ0) is 11.4. The first-order valence-corrected chi connectivity index (χ1v) is 6.02. The van der Waals surface area contributed by atoms with E-state index in [1.807, 2.05) is 13.0 Å². The predicted molar refractivity (Wildman–Crippen MR) is 67.4 cm³/mol. The van der Waals surface area contributed by atoms with Gasteiger partial charge in [-0.25, -0.2) is 0 Å². The van der Waals surface area contributed by atoms with Crippen LogP contribution >= 0.6 is 11.6 Å². The molecule has 0 aliphatic heterocycles. The minimum Gasteiger partial charge on any atom is -0.324 e. The molecule has 84 valence electrons. The number of hydrogen-bond donors (Lipinski definition) is 1. The second-order valence-corrected chi connectivity index (χ2v) is 4.49. The van der Waals surface area contributed by atoms with E-state index >= 15 is 0 Å². The molecule has 0 heterocycles. The highest BCUT2D eigenvalue weighted by Gasteiger charge is 2.12. The quantitative estimate of drug-likeness (QED) is 0.814. The lowest BCUT2D eigenvalue weighted by Gasteiger charge is -2.16. The van der Waals surface area contributed by atoms with Crippen LogP contribution in [0, 0.1) is 0 Å². The van der Waals surface area contributed by atoms with Crippen LogP contribution in [0.3, 0.4) is 0 Å². The van der Waals surface area contributed by atoms with Gasteiger partial charge < -0.3 is 5.73 Å². The van der Waals surface area contributed by atoms with Crippen LogP contribution < -0.4 is 5.73 Å². The molecule has 2 heteroatoms. The standard InChI is InChI=1S/C13H20ClN/c1-4-10(5-2)12-7-6-11(9(3)15)8-13(12)14/h6-10H,4-5,15H2,1-3H3. The molecule has 0 spiro atoms. The maximum Gasteiger partial charge on any atom is 0.0444 e. The Hall–Kier alpha value is -0.530.